The smallest absolute Gasteiger partial charge is 0.305 e. The lowest BCUT2D eigenvalue weighted by molar-refractivity contribution is -0.142. The van der Waals surface area contributed by atoms with Crippen molar-refractivity contribution < 1.29 is 13.6 Å². The van der Waals surface area contributed by atoms with E-state index in [1.165, 1.54) is 19.3 Å². The van der Waals surface area contributed by atoms with Gasteiger partial charge in [-0.15, -0.1) is 0 Å². The quantitative estimate of drug-likeness (QED) is 0.840. The van der Waals surface area contributed by atoms with E-state index in [4.69, 9.17) is 0 Å². The first-order chi connectivity index (χ1) is 7.51. The minimum absolute atomic E-state index is 0.301. The van der Waals surface area contributed by atoms with Crippen LogP contribution in [0.15, 0.2) is 18.5 Å². The Morgan fingerprint density at radius 1 is 1.56 bits per heavy atom. The highest BCUT2D eigenvalue weighted by Crippen LogP contribution is 2.23. The highest BCUT2D eigenvalue weighted by Gasteiger charge is 2.35. The fraction of sp³-hybridized carbons (Fsp3) is 0.455. The van der Waals surface area contributed by atoms with Crippen LogP contribution >= 0.6 is 0 Å². The first-order valence-corrected chi connectivity index (χ1v) is 5.03. The van der Waals surface area contributed by atoms with Gasteiger partial charge >= 0.3 is 5.92 Å². The number of pyridine rings is 1. The zero-order valence-corrected chi connectivity index (χ0v) is 9.26. The number of nitrogens with zero attached hydrogens (tertiary/aromatic N) is 1. The van der Waals surface area contributed by atoms with Crippen molar-refractivity contribution in [1.82, 2.24) is 4.98 Å². The molecule has 16 heavy (non-hydrogen) atoms. The van der Waals surface area contributed by atoms with Gasteiger partial charge in [-0.05, 0) is 6.07 Å². The normalized spacial score (nSPS) is 11.2. The Labute approximate surface area is 92.9 Å². The Balaban J connectivity index is 2.85. The zero-order valence-electron chi connectivity index (χ0n) is 9.26. The van der Waals surface area contributed by atoms with E-state index in [0.717, 1.165) is 0 Å². The van der Waals surface area contributed by atoms with Crippen LogP contribution < -0.4 is 5.32 Å². The van der Waals surface area contributed by atoms with Crippen LogP contribution in [0.3, 0.4) is 0 Å². The van der Waals surface area contributed by atoms with Crippen molar-refractivity contribution >= 4 is 11.5 Å². The van der Waals surface area contributed by atoms with Gasteiger partial charge in [0.25, 0.3) is 0 Å². The highest BCUT2D eigenvalue weighted by atomic mass is 19.3. The molecule has 0 fully saturated rings. The second kappa shape index (κ2) is 5.01. The molecule has 0 aliphatic carbocycles. The second-order valence-electron chi connectivity index (χ2n) is 3.44. The molecular weight excluding hydrogens is 214 g/mol. The zero-order chi connectivity index (χ0) is 12.2. The molecule has 0 saturated heterocycles. The predicted molar refractivity (Wildman–Crippen MR) is 57.7 cm³/mol. The van der Waals surface area contributed by atoms with E-state index >= 15 is 0 Å². The molecule has 0 aliphatic rings. The Bertz CT molecular complexity index is 380. The van der Waals surface area contributed by atoms with Crippen molar-refractivity contribution in [1.29, 1.82) is 0 Å². The summed E-state index contributed by atoms with van der Waals surface area (Å²) in [6.45, 7) is 1.29. The first kappa shape index (κ1) is 12.5. The molecule has 5 heteroatoms. The van der Waals surface area contributed by atoms with E-state index in [9.17, 15) is 13.6 Å². The molecule has 1 heterocycles. The SMILES string of the molecule is CCC(F)(F)C(=O)Cc1cnccc1NC. The summed E-state index contributed by atoms with van der Waals surface area (Å²) in [5.41, 5.74) is 1.14. The van der Waals surface area contributed by atoms with E-state index in [0.29, 0.717) is 11.3 Å². The van der Waals surface area contributed by atoms with Gasteiger partial charge in [0, 0.05) is 43.5 Å². The van der Waals surface area contributed by atoms with E-state index in [1.807, 2.05) is 0 Å². The monoisotopic (exact) mass is 228 g/mol. The molecule has 3 nitrogen and oxygen atoms in total. The molecule has 1 aromatic heterocycles. The lowest BCUT2D eigenvalue weighted by atomic mass is 10.0. The Morgan fingerprint density at radius 2 is 2.25 bits per heavy atom. The minimum atomic E-state index is -3.25. The van der Waals surface area contributed by atoms with E-state index in [1.54, 1.807) is 13.1 Å². The third-order valence-electron chi connectivity index (χ3n) is 2.38. The average molecular weight is 228 g/mol. The molecule has 0 radical (unpaired) electrons. The molecule has 1 aromatic rings. The number of alkyl halides is 2. The molecule has 0 amide bonds. The molecule has 0 aliphatic heterocycles. The van der Waals surface area contributed by atoms with Gasteiger partial charge in [-0.3, -0.25) is 9.78 Å². The summed E-state index contributed by atoms with van der Waals surface area (Å²) in [6.07, 6.45) is 2.19. The number of ketones is 1. The third-order valence-corrected chi connectivity index (χ3v) is 2.38. The fourth-order valence-electron chi connectivity index (χ4n) is 1.31. The van der Waals surface area contributed by atoms with Crippen LogP contribution in [0.4, 0.5) is 14.5 Å². The van der Waals surface area contributed by atoms with Crippen molar-refractivity contribution in [3.05, 3.63) is 24.0 Å². The van der Waals surface area contributed by atoms with Crippen LogP contribution in [0.1, 0.15) is 18.9 Å². The molecule has 1 N–H and O–H groups in total. The lowest BCUT2D eigenvalue weighted by Gasteiger charge is -2.13. The molecule has 0 bridgehead atoms. The summed E-state index contributed by atoms with van der Waals surface area (Å²) in [5.74, 6) is -4.32. The molecule has 88 valence electrons. The molecule has 0 unspecified atom stereocenters. The number of Topliss-reactive ketones (excluding diaryl/α,β-unsaturated/α-hetero) is 1. The fourth-order valence-corrected chi connectivity index (χ4v) is 1.31. The number of halogens is 2. The minimum Gasteiger partial charge on any atom is -0.388 e. The summed E-state index contributed by atoms with van der Waals surface area (Å²) in [5, 5.41) is 2.83. The predicted octanol–water partition coefficient (Wildman–Crippen LogP) is 2.28. The van der Waals surface area contributed by atoms with Crippen LogP contribution in [0.25, 0.3) is 0 Å². The maximum atomic E-state index is 13.1. The highest BCUT2D eigenvalue weighted by molar-refractivity contribution is 5.88. The van der Waals surface area contributed by atoms with Gasteiger partial charge in [0.1, 0.15) is 0 Å². The summed E-state index contributed by atoms with van der Waals surface area (Å²) < 4.78 is 26.2. The number of carbonyl (C=O) groups excluding carboxylic acids is 1. The maximum Gasteiger partial charge on any atom is 0.305 e. The van der Waals surface area contributed by atoms with Crippen molar-refractivity contribution in [3.63, 3.8) is 0 Å². The average Bonchev–Trinajstić information content (AvgIpc) is 2.29. The number of carbonyl (C=O) groups is 1. The molecule has 0 saturated carbocycles. The van der Waals surface area contributed by atoms with Gasteiger partial charge in [0.05, 0.1) is 0 Å². The number of nitrogens with one attached hydrogen (secondary N) is 1. The third kappa shape index (κ3) is 2.74. The summed E-state index contributed by atoms with van der Waals surface area (Å²) in [6, 6.07) is 1.65. The molecule has 0 aromatic carbocycles. The topological polar surface area (TPSA) is 42.0 Å². The van der Waals surface area contributed by atoms with Crippen molar-refractivity contribution in [3.8, 4) is 0 Å². The molecule has 1 rings (SSSR count). The second-order valence-corrected chi connectivity index (χ2v) is 3.44. The number of anilines is 1. The Hall–Kier alpha value is -1.52. The number of rotatable bonds is 5. The van der Waals surface area contributed by atoms with Crippen molar-refractivity contribution in [2.75, 3.05) is 12.4 Å². The molecule has 0 atom stereocenters. The van der Waals surface area contributed by atoms with E-state index < -0.39 is 18.1 Å². The van der Waals surface area contributed by atoms with Gasteiger partial charge in [0.2, 0.25) is 5.78 Å². The maximum absolute atomic E-state index is 13.1. The Morgan fingerprint density at radius 3 is 2.81 bits per heavy atom. The van der Waals surface area contributed by atoms with Crippen LogP contribution in [0.2, 0.25) is 0 Å². The van der Waals surface area contributed by atoms with Crippen LogP contribution in [-0.2, 0) is 11.2 Å². The summed E-state index contributed by atoms with van der Waals surface area (Å²) in [4.78, 5) is 15.1. The van der Waals surface area contributed by atoms with Gasteiger partial charge in [0.15, 0.2) is 0 Å². The van der Waals surface area contributed by atoms with Gasteiger partial charge in [-0.2, -0.15) is 8.78 Å². The van der Waals surface area contributed by atoms with Gasteiger partial charge in [-0.25, -0.2) is 0 Å². The van der Waals surface area contributed by atoms with Gasteiger partial charge in [-0.1, -0.05) is 6.92 Å². The summed E-state index contributed by atoms with van der Waals surface area (Å²) >= 11 is 0. The van der Waals surface area contributed by atoms with Crippen LogP contribution in [0.5, 0.6) is 0 Å². The number of aromatic nitrogens is 1. The lowest BCUT2D eigenvalue weighted by Crippen LogP contribution is -2.29. The summed E-state index contributed by atoms with van der Waals surface area (Å²) in [7, 11) is 1.67. The van der Waals surface area contributed by atoms with Crippen molar-refractivity contribution in [2.24, 2.45) is 0 Å². The van der Waals surface area contributed by atoms with E-state index in [2.05, 4.69) is 10.3 Å². The first-order valence-electron chi connectivity index (χ1n) is 5.03. The number of hydrogen-bond acceptors (Lipinski definition) is 3. The Kier molecular flexibility index (Phi) is 3.93. The van der Waals surface area contributed by atoms with E-state index in [-0.39, 0.29) is 6.42 Å². The molecule has 0 spiro atoms. The standard InChI is InChI=1S/C11H14F2N2O/c1-3-11(12,13)10(16)6-8-7-15-5-4-9(8)14-2/h4-5,7H,3,6H2,1-2H3,(H,14,15). The largest absolute Gasteiger partial charge is 0.388 e. The van der Waals surface area contributed by atoms with Crippen LogP contribution in [0, 0.1) is 0 Å². The van der Waals surface area contributed by atoms with Gasteiger partial charge < -0.3 is 5.32 Å². The van der Waals surface area contributed by atoms with Crippen molar-refractivity contribution in [2.45, 2.75) is 25.7 Å². The van der Waals surface area contributed by atoms with Crippen LogP contribution in [-0.4, -0.2) is 23.7 Å². The molecular formula is C11H14F2N2O. The number of hydrogen-bond donors (Lipinski definition) is 1.